The zero-order chi connectivity index (χ0) is 29.7. The van der Waals surface area contributed by atoms with Crippen LogP contribution in [0.1, 0.15) is 29.9 Å². The summed E-state index contributed by atoms with van der Waals surface area (Å²) in [5.41, 5.74) is 7.44. The van der Waals surface area contributed by atoms with Crippen molar-refractivity contribution in [1.29, 1.82) is 5.26 Å². The van der Waals surface area contributed by atoms with Gasteiger partial charge in [-0.2, -0.15) is 18.4 Å². The molecular formula is C29H25ClF3N5O3. The molecule has 0 saturated carbocycles. The average molecular weight is 584 g/mol. The number of rotatable bonds is 8. The second-order valence-corrected chi connectivity index (χ2v) is 9.92. The molecule has 3 aromatic rings. The molecule has 0 unspecified atom stereocenters. The number of para-hydroxylation sites is 1. The number of carbonyl (C=O) groups excluding carboxylic acids is 3. The van der Waals surface area contributed by atoms with Gasteiger partial charge in [0.25, 0.3) is 0 Å². The molecule has 1 heterocycles. The van der Waals surface area contributed by atoms with Crippen LogP contribution in [0.15, 0.2) is 72.8 Å². The second kappa shape index (κ2) is 12.3. The van der Waals surface area contributed by atoms with E-state index in [0.29, 0.717) is 16.9 Å². The molecule has 0 aliphatic carbocycles. The molecule has 212 valence electrons. The van der Waals surface area contributed by atoms with E-state index in [2.05, 4.69) is 16.7 Å². The van der Waals surface area contributed by atoms with Gasteiger partial charge in [0.15, 0.2) is 0 Å². The lowest BCUT2D eigenvalue weighted by Gasteiger charge is -2.29. The molecule has 3 aromatic carbocycles. The molecule has 3 atom stereocenters. The van der Waals surface area contributed by atoms with Crippen molar-refractivity contribution in [2.75, 3.05) is 16.8 Å². The van der Waals surface area contributed by atoms with Gasteiger partial charge in [0.1, 0.15) is 6.04 Å². The Kier molecular flexibility index (Phi) is 8.83. The van der Waals surface area contributed by atoms with E-state index in [1.807, 2.05) is 0 Å². The highest BCUT2D eigenvalue weighted by Gasteiger charge is 2.40. The lowest BCUT2D eigenvalue weighted by molar-refractivity contribution is -0.143. The van der Waals surface area contributed by atoms with Crippen LogP contribution in [0.2, 0.25) is 5.02 Å². The molecule has 3 amide bonds. The molecule has 0 saturated heterocycles. The van der Waals surface area contributed by atoms with Gasteiger partial charge in [0.2, 0.25) is 17.7 Å². The number of nitrogens with zero attached hydrogens (tertiary/aromatic N) is 2. The van der Waals surface area contributed by atoms with E-state index in [1.54, 1.807) is 65.6 Å². The van der Waals surface area contributed by atoms with Crippen LogP contribution < -0.4 is 21.3 Å². The summed E-state index contributed by atoms with van der Waals surface area (Å²) in [5.74, 6) is -5.44. The fourth-order valence-electron chi connectivity index (χ4n) is 4.82. The van der Waals surface area contributed by atoms with Crippen molar-refractivity contribution < 1.29 is 27.6 Å². The lowest BCUT2D eigenvalue weighted by atomic mass is 9.81. The van der Waals surface area contributed by atoms with Crippen LogP contribution in [0.5, 0.6) is 0 Å². The van der Waals surface area contributed by atoms with Gasteiger partial charge in [-0.05, 0) is 42.3 Å². The summed E-state index contributed by atoms with van der Waals surface area (Å²) in [6.45, 7) is -0.120. The summed E-state index contributed by atoms with van der Waals surface area (Å²) in [5, 5.41) is 15.0. The SMILES string of the molecule is N#Cc1cccc(N2C[C@H](NC(=O)[C@@H](c3ccccc3)[C@@H](CCC(F)(F)F)C(N)=O)C(=O)Nc3c(Cl)cccc32)c1. The molecule has 1 aliphatic heterocycles. The Morgan fingerprint density at radius 1 is 1.12 bits per heavy atom. The highest BCUT2D eigenvalue weighted by atomic mass is 35.5. The zero-order valence-corrected chi connectivity index (χ0v) is 22.2. The molecule has 0 aromatic heterocycles. The number of hydrogen-bond donors (Lipinski definition) is 3. The highest BCUT2D eigenvalue weighted by Crippen LogP contribution is 2.39. The number of amides is 3. The van der Waals surface area contributed by atoms with Crippen molar-refractivity contribution in [2.45, 2.75) is 31.0 Å². The number of fused-ring (bicyclic) bond motifs is 1. The Morgan fingerprint density at radius 3 is 2.49 bits per heavy atom. The number of halogens is 4. The van der Waals surface area contributed by atoms with Gasteiger partial charge in [-0.15, -0.1) is 0 Å². The minimum atomic E-state index is -4.57. The van der Waals surface area contributed by atoms with Crippen LogP contribution in [-0.4, -0.2) is 36.5 Å². The third kappa shape index (κ3) is 6.96. The number of hydrogen-bond acceptors (Lipinski definition) is 5. The maximum Gasteiger partial charge on any atom is 0.389 e. The summed E-state index contributed by atoms with van der Waals surface area (Å²) in [6, 6.07) is 20.2. The predicted octanol–water partition coefficient (Wildman–Crippen LogP) is 5.01. The molecule has 0 spiro atoms. The average Bonchev–Trinajstić information content (AvgIpc) is 3.07. The summed E-state index contributed by atoms with van der Waals surface area (Å²) >= 11 is 6.40. The van der Waals surface area contributed by atoms with Crippen molar-refractivity contribution in [3.05, 3.63) is 88.9 Å². The summed E-state index contributed by atoms with van der Waals surface area (Å²) < 4.78 is 39.3. The fraction of sp³-hybridized carbons (Fsp3) is 0.241. The number of carbonyl (C=O) groups is 3. The Labute approximate surface area is 238 Å². The first-order valence-electron chi connectivity index (χ1n) is 12.6. The van der Waals surface area contributed by atoms with Gasteiger partial charge in [-0.25, -0.2) is 0 Å². The molecule has 0 bridgehead atoms. The van der Waals surface area contributed by atoms with Gasteiger partial charge < -0.3 is 21.3 Å². The van der Waals surface area contributed by atoms with Gasteiger partial charge in [-0.1, -0.05) is 54.1 Å². The van der Waals surface area contributed by atoms with Crippen LogP contribution in [0.25, 0.3) is 0 Å². The minimum Gasteiger partial charge on any atom is -0.369 e. The van der Waals surface area contributed by atoms with E-state index in [0.717, 1.165) is 0 Å². The van der Waals surface area contributed by atoms with Crippen LogP contribution >= 0.6 is 11.6 Å². The molecule has 12 heteroatoms. The Hall–Kier alpha value is -4.56. The number of anilines is 3. The van der Waals surface area contributed by atoms with E-state index >= 15 is 0 Å². The highest BCUT2D eigenvalue weighted by molar-refractivity contribution is 6.34. The van der Waals surface area contributed by atoms with Gasteiger partial charge in [-0.3, -0.25) is 14.4 Å². The number of benzene rings is 3. The molecule has 4 rings (SSSR count). The Bertz CT molecular complexity index is 1490. The third-order valence-electron chi connectivity index (χ3n) is 6.76. The Morgan fingerprint density at radius 2 is 1.83 bits per heavy atom. The summed E-state index contributed by atoms with van der Waals surface area (Å²) in [4.78, 5) is 41.2. The van der Waals surface area contributed by atoms with Gasteiger partial charge in [0.05, 0.1) is 46.4 Å². The minimum absolute atomic E-state index is 0.120. The summed E-state index contributed by atoms with van der Waals surface area (Å²) in [7, 11) is 0. The monoisotopic (exact) mass is 583 g/mol. The first-order valence-corrected chi connectivity index (χ1v) is 12.9. The van der Waals surface area contributed by atoms with Crippen molar-refractivity contribution in [1.82, 2.24) is 5.32 Å². The molecule has 0 fully saturated rings. The molecule has 8 nitrogen and oxygen atoms in total. The molecule has 1 aliphatic rings. The number of nitrogens with one attached hydrogen (secondary N) is 2. The van der Waals surface area contributed by atoms with E-state index in [9.17, 15) is 32.8 Å². The van der Waals surface area contributed by atoms with E-state index < -0.39 is 54.6 Å². The standard InChI is InChI=1S/C29H25ClF3N5O3/c30-21-10-5-11-23-25(21)37-27(40)22(16-38(23)19-9-4-6-17(14-19)15-34)36-28(41)24(18-7-2-1-3-8-18)20(26(35)39)12-13-29(31,32)33/h1-11,14,20,22,24H,12-13,16H2,(H2,35,39)(H,36,41)(H,37,40)/t20-,22+,24+/m1/s1. The maximum absolute atomic E-state index is 13.8. The number of alkyl halides is 3. The smallest absolute Gasteiger partial charge is 0.369 e. The maximum atomic E-state index is 13.8. The zero-order valence-electron chi connectivity index (χ0n) is 21.5. The largest absolute Gasteiger partial charge is 0.389 e. The van der Waals surface area contributed by atoms with Crippen LogP contribution in [0.3, 0.4) is 0 Å². The second-order valence-electron chi connectivity index (χ2n) is 9.51. The van der Waals surface area contributed by atoms with Crippen molar-refractivity contribution in [2.24, 2.45) is 11.7 Å². The van der Waals surface area contributed by atoms with Gasteiger partial charge in [0, 0.05) is 12.1 Å². The topological polar surface area (TPSA) is 128 Å². The predicted molar refractivity (Wildman–Crippen MR) is 147 cm³/mol. The molecule has 0 radical (unpaired) electrons. The van der Waals surface area contributed by atoms with Gasteiger partial charge >= 0.3 is 6.18 Å². The molecular weight excluding hydrogens is 559 g/mol. The normalized spacial score (nSPS) is 16.4. The van der Waals surface area contributed by atoms with Crippen LogP contribution in [-0.2, 0) is 14.4 Å². The van der Waals surface area contributed by atoms with E-state index in [4.69, 9.17) is 17.3 Å². The van der Waals surface area contributed by atoms with E-state index in [-0.39, 0.29) is 22.8 Å². The van der Waals surface area contributed by atoms with Crippen molar-refractivity contribution in [3.63, 3.8) is 0 Å². The van der Waals surface area contributed by atoms with Crippen molar-refractivity contribution >= 4 is 46.4 Å². The summed E-state index contributed by atoms with van der Waals surface area (Å²) in [6.07, 6.45) is -6.61. The first-order chi connectivity index (χ1) is 19.5. The fourth-order valence-corrected chi connectivity index (χ4v) is 5.03. The van der Waals surface area contributed by atoms with Crippen LogP contribution in [0, 0.1) is 17.2 Å². The number of primary amides is 1. The van der Waals surface area contributed by atoms with Crippen molar-refractivity contribution in [3.8, 4) is 6.07 Å². The molecule has 4 N–H and O–H groups in total. The quantitative estimate of drug-likeness (QED) is 0.343. The third-order valence-corrected chi connectivity index (χ3v) is 7.08. The number of nitrogens with two attached hydrogens (primary N) is 1. The lowest BCUT2D eigenvalue weighted by Crippen LogP contribution is -2.51. The number of nitriles is 1. The Balaban J connectivity index is 1.71. The van der Waals surface area contributed by atoms with Crippen LogP contribution in [0.4, 0.5) is 30.2 Å². The van der Waals surface area contributed by atoms with E-state index in [1.165, 1.54) is 12.1 Å². The molecule has 41 heavy (non-hydrogen) atoms. The first kappa shape index (κ1) is 29.4.